The Morgan fingerprint density at radius 2 is 1.93 bits per heavy atom. The van der Waals surface area contributed by atoms with E-state index in [1.165, 1.54) is 12.1 Å². The smallest absolute Gasteiger partial charge is 0.330 e. The first kappa shape index (κ1) is 19.4. The fourth-order valence-electron chi connectivity index (χ4n) is 2.89. The van der Waals surface area contributed by atoms with Crippen molar-refractivity contribution in [3.63, 3.8) is 0 Å². The van der Waals surface area contributed by atoms with Crippen LogP contribution in [0.15, 0.2) is 36.7 Å². The number of aromatic nitrogens is 2. The Hall–Kier alpha value is -2.41. The lowest BCUT2D eigenvalue weighted by molar-refractivity contribution is -0.205. The zero-order valence-electron chi connectivity index (χ0n) is 16.1. The van der Waals surface area contributed by atoms with E-state index in [1.54, 1.807) is 23.4 Å². The minimum atomic E-state index is -0.496. The quantitative estimate of drug-likeness (QED) is 0.863. The van der Waals surface area contributed by atoms with E-state index in [9.17, 15) is 9.18 Å². The normalized spacial score (nSPS) is 16.3. The van der Waals surface area contributed by atoms with Gasteiger partial charge >= 0.3 is 5.97 Å². The molecule has 1 aromatic carbocycles. The monoisotopic (exact) mass is 374 g/mol. The van der Waals surface area contributed by atoms with Gasteiger partial charge in [0.25, 0.3) is 0 Å². The summed E-state index contributed by atoms with van der Waals surface area (Å²) >= 11 is 0. The van der Waals surface area contributed by atoms with Crippen LogP contribution in [0.5, 0.6) is 0 Å². The summed E-state index contributed by atoms with van der Waals surface area (Å²) in [5, 5.41) is 9.52. The molecule has 2 heterocycles. The van der Waals surface area contributed by atoms with Crippen molar-refractivity contribution in [2.24, 2.45) is 5.41 Å². The molecule has 0 spiro atoms. The molecule has 2 aromatic rings. The van der Waals surface area contributed by atoms with Gasteiger partial charge in [-0.1, -0.05) is 12.1 Å². The summed E-state index contributed by atoms with van der Waals surface area (Å²) in [5.74, 6) is -0.432. The van der Waals surface area contributed by atoms with Crippen molar-refractivity contribution < 1.29 is 14.0 Å². The first-order valence-corrected chi connectivity index (χ1v) is 9.31. The molecule has 0 atom stereocenters. The fourth-order valence-corrected chi connectivity index (χ4v) is 2.89. The molecule has 146 valence electrons. The van der Waals surface area contributed by atoms with Crippen molar-refractivity contribution in [2.75, 3.05) is 18.4 Å². The van der Waals surface area contributed by atoms with Crippen molar-refractivity contribution >= 4 is 11.7 Å². The number of piperidine rings is 1. The summed E-state index contributed by atoms with van der Waals surface area (Å²) in [6, 6.07) is 6.74. The van der Waals surface area contributed by atoms with Crippen LogP contribution in [0.2, 0.25) is 0 Å². The number of hydroxylamine groups is 2. The molecule has 0 aliphatic carbocycles. The summed E-state index contributed by atoms with van der Waals surface area (Å²) < 4.78 is 14.9. The zero-order chi connectivity index (χ0) is 19.4. The zero-order valence-corrected chi connectivity index (χ0v) is 16.1. The van der Waals surface area contributed by atoms with Gasteiger partial charge in [-0.05, 0) is 51.3 Å². The molecule has 0 unspecified atom stereocenters. The van der Waals surface area contributed by atoms with E-state index in [-0.39, 0.29) is 17.8 Å². The van der Waals surface area contributed by atoms with E-state index < -0.39 is 5.41 Å². The van der Waals surface area contributed by atoms with Crippen LogP contribution in [0.1, 0.15) is 45.2 Å². The maximum Gasteiger partial charge on any atom is 0.330 e. The molecule has 27 heavy (non-hydrogen) atoms. The van der Waals surface area contributed by atoms with Crippen molar-refractivity contribution in [1.82, 2.24) is 14.8 Å². The largest absolute Gasteiger partial charge is 0.378 e. The molecule has 0 bridgehead atoms. The van der Waals surface area contributed by atoms with Crippen LogP contribution in [0.3, 0.4) is 0 Å². The van der Waals surface area contributed by atoms with Gasteiger partial charge in [-0.25, -0.2) is 9.18 Å². The lowest BCUT2D eigenvalue weighted by Crippen LogP contribution is -2.39. The Balaban J connectivity index is 1.48. The maximum atomic E-state index is 12.9. The lowest BCUT2D eigenvalue weighted by Gasteiger charge is -2.32. The third-order valence-electron chi connectivity index (χ3n) is 4.63. The third-order valence-corrected chi connectivity index (χ3v) is 4.63. The summed E-state index contributed by atoms with van der Waals surface area (Å²) in [6.45, 7) is 7.58. The number of nitrogens with zero attached hydrogens (tertiary/aromatic N) is 3. The van der Waals surface area contributed by atoms with Crippen LogP contribution in [-0.4, -0.2) is 33.9 Å². The second kappa shape index (κ2) is 8.08. The third kappa shape index (κ3) is 5.29. The SMILES string of the molecule is CC(C)(C)C(=O)ON1CCC(n2cc(NCc3ccc(F)cc3)cn2)CC1. The topological polar surface area (TPSA) is 59.4 Å². The Morgan fingerprint density at radius 3 is 2.56 bits per heavy atom. The highest BCUT2D eigenvalue weighted by Gasteiger charge is 2.29. The van der Waals surface area contributed by atoms with Gasteiger partial charge in [0.2, 0.25) is 0 Å². The average molecular weight is 374 g/mol. The van der Waals surface area contributed by atoms with Crippen LogP contribution in [0, 0.1) is 11.2 Å². The summed E-state index contributed by atoms with van der Waals surface area (Å²) in [7, 11) is 0. The van der Waals surface area contributed by atoms with Crippen LogP contribution in [0.4, 0.5) is 10.1 Å². The fraction of sp³-hybridized carbons (Fsp3) is 0.500. The summed E-state index contributed by atoms with van der Waals surface area (Å²) in [6.07, 6.45) is 5.54. The van der Waals surface area contributed by atoms with Gasteiger partial charge in [0.05, 0.1) is 23.3 Å². The molecule has 1 aliphatic heterocycles. The Labute approximate surface area is 159 Å². The first-order chi connectivity index (χ1) is 12.8. The molecule has 1 fully saturated rings. The first-order valence-electron chi connectivity index (χ1n) is 9.31. The predicted molar refractivity (Wildman–Crippen MR) is 101 cm³/mol. The van der Waals surface area contributed by atoms with Crippen LogP contribution < -0.4 is 5.32 Å². The molecule has 3 rings (SSSR count). The van der Waals surface area contributed by atoms with Gasteiger partial charge in [-0.15, -0.1) is 5.06 Å². The van der Waals surface area contributed by atoms with Crippen molar-refractivity contribution in [3.8, 4) is 0 Å². The molecule has 0 amide bonds. The Bertz CT molecular complexity index is 759. The second-order valence-electron chi connectivity index (χ2n) is 7.98. The molecule has 1 N–H and O–H groups in total. The number of nitrogens with one attached hydrogen (secondary N) is 1. The standard InChI is InChI=1S/C20H27FN4O2/c1-20(2,3)19(26)27-24-10-8-18(9-11-24)25-14-17(13-23-25)22-12-15-4-6-16(21)7-5-15/h4-7,13-14,18,22H,8-12H2,1-3H3. The predicted octanol–water partition coefficient (Wildman–Crippen LogP) is 3.78. The molecule has 0 saturated carbocycles. The van der Waals surface area contributed by atoms with Crippen LogP contribution >= 0.6 is 0 Å². The minimum Gasteiger partial charge on any atom is -0.378 e. The number of halogens is 1. The number of carbonyl (C=O) groups is 1. The van der Waals surface area contributed by atoms with E-state index >= 15 is 0 Å². The molecule has 1 aromatic heterocycles. The van der Waals surface area contributed by atoms with Gasteiger partial charge in [0, 0.05) is 25.8 Å². The van der Waals surface area contributed by atoms with E-state index in [0.29, 0.717) is 19.6 Å². The molecule has 1 aliphatic rings. The molecule has 7 heteroatoms. The Morgan fingerprint density at radius 1 is 1.26 bits per heavy atom. The maximum absolute atomic E-state index is 12.9. The number of rotatable bonds is 5. The molecular formula is C20H27FN4O2. The average Bonchev–Trinajstić information content (AvgIpc) is 3.10. The molecule has 1 saturated heterocycles. The number of anilines is 1. The van der Waals surface area contributed by atoms with E-state index in [4.69, 9.17) is 4.84 Å². The highest BCUT2D eigenvalue weighted by Crippen LogP contribution is 2.25. The lowest BCUT2D eigenvalue weighted by atomic mass is 9.98. The van der Waals surface area contributed by atoms with Gasteiger partial charge in [0.1, 0.15) is 5.82 Å². The van der Waals surface area contributed by atoms with E-state index in [1.807, 2.05) is 31.6 Å². The van der Waals surface area contributed by atoms with Crippen molar-refractivity contribution in [3.05, 3.63) is 48.0 Å². The Kier molecular flexibility index (Phi) is 5.79. The summed E-state index contributed by atoms with van der Waals surface area (Å²) in [4.78, 5) is 17.5. The molecule has 0 radical (unpaired) electrons. The number of hydrogen-bond acceptors (Lipinski definition) is 5. The molecule has 6 nitrogen and oxygen atoms in total. The summed E-state index contributed by atoms with van der Waals surface area (Å²) in [5.41, 5.74) is 1.45. The van der Waals surface area contributed by atoms with E-state index in [2.05, 4.69) is 10.4 Å². The van der Waals surface area contributed by atoms with Crippen molar-refractivity contribution in [1.29, 1.82) is 0 Å². The van der Waals surface area contributed by atoms with Crippen LogP contribution in [0.25, 0.3) is 0 Å². The number of hydrogen-bond donors (Lipinski definition) is 1. The second-order valence-corrected chi connectivity index (χ2v) is 7.98. The van der Waals surface area contributed by atoms with E-state index in [0.717, 1.165) is 24.1 Å². The number of carbonyl (C=O) groups excluding carboxylic acids is 1. The highest BCUT2D eigenvalue weighted by atomic mass is 19.1. The number of benzene rings is 1. The van der Waals surface area contributed by atoms with Gasteiger partial charge in [0.15, 0.2) is 0 Å². The minimum absolute atomic E-state index is 0.202. The van der Waals surface area contributed by atoms with Gasteiger partial charge in [-0.3, -0.25) is 4.68 Å². The van der Waals surface area contributed by atoms with Crippen molar-refractivity contribution in [2.45, 2.75) is 46.2 Å². The highest BCUT2D eigenvalue weighted by molar-refractivity contribution is 5.75. The van der Waals surface area contributed by atoms with Gasteiger partial charge < -0.3 is 10.2 Å². The molecular weight excluding hydrogens is 347 g/mol. The van der Waals surface area contributed by atoms with Crippen LogP contribution in [-0.2, 0) is 16.2 Å². The van der Waals surface area contributed by atoms with Gasteiger partial charge in [-0.2, -0.15) is 5.10 Å².